The minimum atomic E-state index is -3.77. The third kappa shape index (κ3) is 3.72. The Morgan fingerprint density at radius 3 is 2.62 bits per heavy atom. The molecule has 0 unspecified atom stereocenters. The number of sulfonamides is 1. The Bertz CT molecular complexity index is 779. The summed E-state index contributed by atoms with van der Waals surface area (Å²) in [5.74, 6) is -0.494. The molecular weight excluding hydrogens is 315 g/mol. The number of hydrogen-bond acceptors (Lipinski definition) is 3. The Hall–Kier alpha value is -1.63. The first-order valence-corrected chi connectivity index (χ1v) is 8.01. The van der Waals surface area contributed by atoms with E-state index in [0.717, 1.165) is 0 Å². The highest BCUT2D eigenvalue weighted by molar-refractivity contribution is 7.89. The molecule has 0 atom stereocenters. The van der Waals surface area contributed by atoms with Gasteiger partial charge in [-0.25, -0.2) is 17.9 Å². The van der Waals surface area contributed by atoms with Crippen LogP contribution in [0.15, 0.2) is 41.3 Å². The summed E-state index contributed by atoms with van der Waals surface area (Å²) in [6.07, 6.45) is 0. The van der Waals surface area contributed by atoms with Crippen molar-refractivity contribution in [2.45, 2.75) is 18.4 Å². The van der Waals surface area contributed by atoms with Gasteiger partial charge in [-0.3, -0.25) is 0 Å². The lowest BCUT2D eigenvalue weighted by Crippen LogP contribution is -2.14. The molecule has 0 fully saturated rings. The molecule has 0 saturated carbocycles. The fourth-order valence-electron chi connectivity index (χ4n) is 1.96. The predicted molar refractivity (Wildman–Crippen MR) is 81.3 cm³/mol. The van der Waals surface area contributed by atoms with Gasteiger partial charge in [-0.05, 0) is 42.3 Å². The van der Waals surface area contributed by atoms with Crippen LogP contribution in [0.5, 0.6) is 0 Å². The number of rotatable bonds is 4. The molecule has 21 heavy (non-hydrogen) atoms. The molecule has 0 aliphatic rings. The summed E-state index contributed by atoms with van der Waals surface area (Å²) in [6.45, 7) is 1.99. The molecule has 2 aromatic carbocycles. The van der Waals surface area contributed by atoms with E-state index in [4.69, 9.17) is 16.7 Å². The summed E-state index contributed by atoms with van der Waals surface area (Å²) in [7, 11) is -3.77. The maximum Gasteiger partial charge on any atom is 0.238 e. The minimum Gasteiger partial charge on any atom is -0.381 e. The average molecular weight is 329 g/mol. The van der Waals surface area contributed by atoms with Crippen molar-refractivity contribution >= 4 is 27.3 Å². The first-order chi connectivity index (χ1) is 9.79. The van der Waals surface area contributed by atoms with Crippen molar-refractivity contribution in [3.05, 3.63) is 58.4 Å². The molecule has 0 bridgehead atoms. The van der Waals surface area contributed by atoms with Crippen molar-refractivity contribution in [1.29, 1.82) is 0 Å². The van der Waals surface area contributed by atoms with Gasteiger partial charge in [0.1, 0.15) is 5.82 Å². The molecule has 0 aliphatic heterocycles. The predicted octanol–water partition coefficient (Wildman–Crippen LogP) is 3.05. The fraction of sp³-hybridized carbons (Fsp3) is 0.143. The van der Waals surface area contributed by atoms with E-state index in [-0.39, 0.29) is 9.92 Å². The molecule has 0 aromatic heterocycles. The van der Waals surface area contributed by atoms with Crippen LogP contribution >= 0.6 is 11.6 Å². The van der Waals surface area contributed by atoms with Gasteiger partial charge in [-0.15, -0.1) is 0 Å². The smallest absolute Gasteiger partial charge is 0.238 e. The third-order valence-corrected chi connectivity index (χ3v) is 4.42. The van der Waals surface area contributed by atoms with E-state index in [0.29, 0.717) is 23.4 Å². The molecule has 2 aromatic rings. The molecule has 0 amide bonds. The first-order valence-electron chi connectivity index (χ1n) is 6.09. The van der Waals surface area contributed by atoms with E-state index < -0.39 is 15.8 Å². The van der Waals surface area contributed by atoms with Crippen LogP contribution in [0.2, 0.25) is 5.02 Å². The summed E-state index contributed by atoms with van der Waals surface area (Å²) < 4.78 is 36.2. The summed E-state index contributed by atoms with van der Waals surface area (Å²) in [5.41, 5.74) is 1.84. The van der Waals surface area contributed by atoms with Gasteiger partial charge < -0.3 is 5.32 Å². The zero-order valence-corrected chi connectivity index (χ0v) is 12.8. The van der Waals surface area contributed by atoms with Crippen LogP contribution in [0.3, 0.4) is 0 Å². The Kier molecular flexibility index (Phi) is 4.51. The van der Waals surface area contributed by atoms with Crippen LogP contribution < -0.4 is 10.5 Å². The molecule has 7 heteroatoms. The standard InChI is InChI=1S/C14H14ClFN2O2S/c1-9-13(3-2-4-14(9)21(17,19)20)18-8-10-5-6-11(15)12(16)7-10/h2-7,18H,8H2,1H3,(H2,17,19,20). The van der Waals surface area contributed by atoms with Gasteiger partial charge in [0.25, 0.3) is 0 Å². The number of nitrogens with one attached hydrogen (secondary N) is 1. The van der Waals surface area contributed by atoms with Crippen molar-refractivity contribution in [3.63, 3.8) is 0 Å². The molecule has 3 N–H and O–H groups in total. The highest BCUT2D eigenvalue weighted by Crippen LogP contribution is 2.23. The summed E-state index contributed by atoms with van der Waals surface area (Å²) in [5, 5.41) is 8.27. The lowest BCUT2D eigenvalue weighted by molar-refractivity contribution is 0.597. The van der Waals surface area contributed by atoms with Gasteiger partial charge in [-0.2, -0.15) is 0 Å². The number of halogens is 2. The second-order valence-corrected chi connectivity index (χ2v) is 6.51. The minimum absolute atomic E-state index is 0.0613. The second-order valence-electron chi connectivity index (χ2n) is 4.58. The van der Waals surface area contributed by atoms with Crippen LogP contribution in [0.1, 0.15) is 11.1 Å². The Morgan fingerprint density at radius 2 is 2.00 bits per heavy atom. The summed E-state index contributed by atoms with van der Waals surface area (Å²) >= 11 is 5.62. The van der Waals surface area contributed by atoms with E-state index >= 15 is 0 Å². The van der Waals surface area contributed by atoms with Crippen molar-refractivity contribution in [2.75, 3.05) is 5.32 Å². The van der Waals surface area contributed by atoms with Crippen molar-refractivity contribution in [1.82, 2.24) is 0 Å². The fourth-order valence-corrected chi connectivity index (χ4v) is 2.88. The summed E-state index contributed by atoms with van der Waals surface area (Å²) in [6, 6.07) is 9.26. The van der Waals surface area contributed by atoms with Crippen LogP contribution in [0.4, 0.5) is 10.1 Å². The number of nitrogens with two attached hydrogens (primary N) is 1. The molecular formula is C14H14ClFN2O2S. The average Bonchev–Trinajstić information content (AvgIpc) is 2.40. The number of benzene rings is 2. The third-order valence-electron chi connectivity index (χ3n) is 3.06. The highest BCUT2D eigenvalue weighted by atomic mass is 35.5. The highest BCUT2D eigenvalue weighted by Gasteiger charge is 2.13. The SMILES string of the molecule is Cc1c(NCc2ccc(Cl)c(F)c2)cccc1S(N)(=O)=O. The van der Waals surface area contributed by atoms with E-state index in [2.05, 4.69) is 5.32 Å². The number of hydrogen-bond donors (Lipinski definition) is 2. The zero-order valence-electron chi connectivity index (χ0n) is 11.2. The lowest BCUT2D eigenvalue weighted by atomic mass is 10.1. The van der Waals surface area contributed by atoms with E-state index in [1.807, 2.05) is 0 Å². The molecule has 2 rings (SSSR count). The van der Waals surface area contributed by atoms with Gasteiger partial charge in [0.2, 0.25) is 10.0 Å². The van der Waals surface area contributed by atoms with Crippen LogP contribution in [-0.4, -0.2) is 8.42 Å². The molecule has 4 nitrogen and oxygen atoms in total. The van der Waals surface area contributed by atoms with Gasteiger partial charge >= 0.3 is 0 Å². The number of anilines is 1. The topological polar surface area (TPSA) is 72.2 Å². The van der Waals surface area contributed by atoms with E-state index in [9.17, 15) is 12.8 Å². The maximum atomic E-state index is 13.3. The van der Waals surface area contributed by atoms with E-state index in [1.165, 1.54) is 18.2 Å². The second kappa shape index (κ2) is 6.01. The van der Waals surface area contributed by atoms with Crippen molar-refractivity contribution < 1.29 is 12.8 Å². The van der Waals surface area contributed by atoms with Gasteiger partial charge in [0.15, 0.2) is 0 Å². The normalized spacial score (nSPS) is 11.4. The van der Waals surface area contributed by atoms with Crippen molar-refractivity contribution in [2.24, 2.45) is 5.14 Å². The molecule has 112 valence electrons. The van der Waals surface area contributed by atoms with Crippen LogP contribution in [-0.2, 0) is 16.6 Å². The molecule has 0 saturated heterocycles. The van der Waals surface area contributed by atoms with Gasteiger partial charge in [0.05, 0.1) is 9.92 Å². The molecule has 0 radical (unpaired) electrons. The Labute approximate surface area is 127 Å². The molecule has 0 heterocycles. The monoisotopic (exact) mass is 328 g/mol. The van der Waals surface area contributed by atoms with Gasteiger partial charge in [0, 0.05) is 12.2 Å². The number of primary sulfonamides is 1. The molecule has 0 aliphatic carbocycles. The first kappa shape index (κ1) is 15.8. The van der Waals surface area contributed by atoms with Gasteiger partial charge in [-0.1, -0.05) is 23.7 Å². The van der Waals surface area contributed by atoms with Crippen LogP contribution in [0.25, 0.3) is 0 Å². The maximum absolute atomic E-state index is 13.3. The van der Waals surface area contributed by atoms with E-state index in [1.54, 1.807) is 25.1 Å². The quantitative estimate of drug-likeness (QED) is 0.906. The Morgan fingerprint density at radius 1 is 1.29 bits per heavy atom. The lowest BCUT2D eigenvalue weighted by Gasteiger charge is -2.12. The summed E-state index contributed by atoms with van der Waals surface area (Å²) in [4.78, 5) is 0.0646. The van der Waals surface area contributed by atoms with Crippen molar-refractivity contribution in [3.8, 4) is 0 Å². The molecule has 0 spiro atoms. The Balaban J connectivity index is 2.23. The zero-order chi connectivity index (χ0) is 15.6. The largest absolute Gasteiger partial charge is 0.381 e. The van der Waals surface area contributed by atoms with Crippen LogP contribution in [0, 0.1) is 12.7 Å².